The van der Waals surface area contributed by atoms with E-state index in [-0.39, 0.29) is 42.2 Å². The fourth-order valence-electron chi connectivity index (χ4n) is 3.14. The van der Waals surface area contributed by atoms with Crippen LogP contribution in [0.3, 0.4) is 0 Å². The minimum absolute atomic E-state index is 0. The van der Waals surface area contributed by atoms with Crippen LogP contribution >= 0.6 is 24.0 Å². The predicted molar refractivity (Wildman–Crippen MR) is 121 cm³/mol. The van der Waals surface area contributed by atoms with Gasteiger partial charge in [0.25, 0.3) is 5.91 Å². The third-order valence-electron chi connectivity index (χ3n) is 4.62. The Morgan fingerprint density at radius 1 is 1.16 bits per heavy atom. The van der Waals surface area contributed by atoms with Crippen LogP contribution in [0.4, 0.5) is 19.0 Å². The van der Waals surface area contributed by atoms with E-state index in [0.29, 0.717) is 44.4 Å². The number of anilines is 1. The number of nitrogens with zero attached hydrogens (tertiary/aromatic N) is 4. The zero-order chi connectivity index (χ0) is 21.6. The molecule has 0 spiro atoms. The van der Waals surface area contributed by atoms with Gasteiger partial charge in [-0.05, 0) is 24.3 Å². The van der Waals surface area contributed by atoms with Crippen molar-refractivity contribution >= 4 is 41.7 Å². The van der Waals surface area contributed by atoms with Crippen LogP contribution < -0.4 is 10.6 Å². The van der Waals surface area contributed by atoms with E-state index in [1.807, 2.05) is 4.90 Å². The molecule has 8 nitrogen and oxygen atoms in total. The molecule has 170 valence electrons. The van der Waals surface area contributed by atoms with E-state index in [2.05, 4.69) is 20.6 Å². The van der Waals surface area contributed by atoms with E-state index in [4.69, 9.17) is 4.42 Å². The van der Waals surface area contributed by atoms with Crippen molar-refractivity contribution in [3.05, 3.63) is 48.0 Å². The van der Waals surface area contributed by atoms with E-state index < -0.39 is 11.7 Å². The molecule has 3 heterocycles. The number of nitrogens with one attached hydrogen (secondary N) is 2. The van der Waals surface area contributed by atoms with Gasteiger partial charge in [-0.2, -0.15) is 13.2 Å². The van der Waals surface area contributed by atoms with Gasteiger partial charge in [0.05, 0.1) is 11.8 Å². The van der Waals surface area contributed by atoms with Crippen molar-refractivity contribution in [2.45, 2.75) is 6.18 Å². The second-order valence-corrected chi connectivity index (χ2v) is 6.55. The second-order valence-electron chi connectivity index (χ2n) is 6.55. The molecule has 0 aliphatic carbocycles. The van der Waals surface area contributed by atoms with Gasteiger partial charge >= 0.3 is 6.18 Å². The van der Waals surface area contributed by atoms with Crippen LogP contribution in [0.2, 0.25) is 0 Å². The zero-order valence-corrected chi connectivity index (χ0v) is 19.2. The molecule has 2 aromatic heterocycles. The summed E-state index contributed by atoms with van der Waals surface area (Å²) in [6.07, 6.45) is -1.69. The Morgan fingerprint density at radius 2 is 1.87 bits per heavy atom. The molecule has 12 heteroatoms. The first-order valence-electron chi connectivity index (χ1n) is 9.44. The van der Waals surface area contributed by atoms with Crippen LogP contribution in [0.5, 0.6) is 0 Å². The lowest BCUT2D eigenvalue weighted by Gasteiger charge is -2.36. The first kappa shape index (κ1) is 24.8. The highest BCUT2D eigenvalue weighted by atomic mass is 127. The molecule has 0 unspecified atom stereocenters. The summed E-state index contributed by atoms with van der Waals surface area (Å²) in [4.78, 5) is 24.0. The molecular formula is C19H24F3IN6O2. The fourth-order valence-corrected chi connectivity index (χ4v) is 3.14. The first-order chi connectivity index (χ1) is 14.4. The third-order valence-corrected chi connectivity index (χ3v) is 4.62. The van der Waals surface area contributed by atoms with Gasteiger partial charge in [-0.25, -0.2) is 4.98 Å². The lowest BCUT2D eigenvalue weighted by atomic mass is 10.2. The highest BCUT2D eigenvalue weighted by Gasteiger charge is 2.34. The Morgan fingerprint density at radius 3 is 2.48 bits per heavy atom. The number of carbonyl (C=O) groups excluding carboxylic acids is 1. The smallest absolute Gasteiger partial charge is 0.419 e. The number of alkyl halides is 3. The van der Waals surface area contributed by atoms with Gasteiger partial charge in [-0.3, -0.25) is 9.79 Å². The van der Waals surface area contributed by atoms with Crippen LogP contribution in [-0.4, -0.2) is 73.0 Å². The lowest BCUT2D eigenvalue weighted by Crippen LogP contribution is -2.54. The van der Waals surface area contributed by atoms with Gasteiger partial charge in [-0.15, -0.1) is 24.0 Å². The van der Waals surface area contributed by atoms with Gasteiger partial charge in [0.15, 0.2) is 11.7 Å². The number of amides is 1. The summed E-state index contributed by atoms with van der Waals surface area (Å²) in [5, 5.41) is 5.83. The molecular weight excluding hydrogens is 528 g/mol. The summed E-state index contributed by atoms with van der Waals surface area (Å²) in [6.45, 7) is 2.78. The van der Waals surface area contributed by atoms with Crippen LogP contribution in [0.15, 0.2) is 46.1 Å². The number of rotatable bonds is 5. The lowest BCUT2D eigenvalue weighted by molar-refractivity contribution is -0.137. The van der Waals surface area contributed by atoms with Crippen molar-refractivity contribution < 1.29 is 22.4 Å². The van der Waals surface area contributed by atoms with Gasteiger partial charge in [0.1, 0.15) is 5.82 Å². The van der Waals surface area contributed by atoms with Gasteiger partial charge < -0.3 is 24.9 Å². The molecule has 1 aliphatic rings. The average Bonchev–Trinajstić information content (AvgIpc) is 3.28. The van der Waals surface area contributed by atoms with Crippen LogP contribution in [0, 0.1) is 0 Å². The van der Waals surface area contributed by atoms with Crippen molar-refractivity contribution in [2.24, 2.45) is 4.99 Å². The van der Waals surface area contributed by atoms with E-state index in [0.717, 1.165) is 6.07 Å². The van der Waals surface area contributed by atoms with Gasteiger partial charge in [0.2, 0.25) is 0 Å². The number of carbonyl (C=O) groups is 1. The van der Waals surface area contributed by atoms with Crippen LogP contribution in [-0.2, 0) is 6.18 Å². The Kier molecular flexibility index (Phi) is 8.95. The predicted octanol–water partition coefficient (Wildman–Crippen LogP) is 2.76. The molecule has 2 N–H and O–H groups in total. The number of hydrogen-bond acceptors (Lipinski definition) is 5. The summed E-state index contributed by atoms with van der Waals surface area (Å²) in [5.41, 5.74) is -0.799. The van der Waals surface area contributed by atoms with Crippen LogP contribution in [0.25, 0.3) is 0 Å². The second kappa shape index (κ2) is 11.2. The summed E-state index contributed by atoms with van der Waals surface area (Å²) >= 11 is 0. The SMILES string of the molecule is CN=C(NCCNc1ncccc1C(F)(F)F)N1CCN(C(=O)c2ccco2)CC1.I. The molecule has 1 aliphatic heterocycles. The zero-order valence-electron chi connectivity index (χ0n) is 16.9. The third kappa shape index (κ3) is 6.48. The standard InChI is InChI=1S/C19H23F3N6O2.HI/c1-23-18(26-8-7-25-16-14(19(20,21)22)4-2-6-24-16)28-11-9-27(10-12-28)17(29)15-5-3-13-30-15;/h2-6,13H,7-12H2,1H3,(H,23,26)(H,24,25);1H. The Labute approximate surface area is 194 Å². The monoisotopic (exact) mass is 552 g/mol. The number of hydrogen-bond donors (Lipinski definition) is 2. The maximum Gasteiger partial charge on any atom is 0.419 e. The maximum atomic E-state index is 13.0. The van der Waals surface area contributed by atoms with Crippen LogP contribution in [0.1, 0.15) is 16.1 Å². The number of aromatic nitrogens is 1. The minimum atomic E-state index is -4.47. The molecule has 1 amide bonds. The Balaban J connectivity index is 0.00000341. The molecule has 0 aromatic carbocycles. The van der Waals surface area contributed by atoms with Crippen molar-refractivity contribution in [1.82, 2.24) is 20.1 Å². The molecule has 31 heavy (non-hydrogen) atoms. The number of furan rings is 1. The van der Waals surface area contributed by atoms with E-state index >= 15 is 0 Å². The molecule has 2 aromatic rings. The largest absolute Gasteiger partial charge is 0.459 e. The molecule has 0 atom stereocenters. The molecule has 0 saturated carbocycles. The number of aliphatic imine (C=N–C) groups is 1. The number of guanidine groups is 1. The quantitative estimate of drug-likeness (QED) is 0.257. The molecule has 1 saturated heterocycles. The van der Waals surface area contributed by atoms with Crippen molar-refractivity contribution in [3.8, 4) is 0 Å². The molecule has 0 bridgehead atoms. The number of piperazine rings is 1. The Hall–Kier alpha value is -2.51. The summed E-state index contributed by atoms with van der Waals surface area (Å²) in [7, 11) is 1.64. The van der Waals surface area contributed by atoms with Crippen molar-refractivity contribution in [2.75, 3.05) is 51.6 Å². The summed E-state index contributed by atoms with van der Waals surface area (Å²) in [5.74, 6) is 0.582. The van der Waals surface area contributed by atoms with E-state index in [9.17, 15) is 18.0 Å². The highest BCUT2D eigenvalue weighted by Crippen LogP contribution is 2.33. The molecule has 1 fully saturated rings. The minimum Gasteiger partial charge on any atom is -0.459 e. The van der Waals surface area contributed by atoms with E-state index in [1.165, 1.54) is 18.5 Å². The fraction of sp³-hybridized carbons (Fsp3) is 0.421. The van der Waals surface area contributed by atoms with Gasteiger partial charge in [-0.1, -0.05) is 0 Å². The van der Waals surface area contributed by atoms with E-state index in [1.54, 1.807) is 24.1 Å². The van der Waals surface area contributed by atoms with Crippen molar-refractivity contribution in [1.29, 1.82) is 0 Å². The van der Waals surface area contributed by atoms with Gasteiger partial charge in [0, 0.05) is 52.5 Å². The Bertz CT molecular complexity index is 868. The highest BCUT2D eigenvalue weighted by molar-refractivity contribution is 14.0. The first-order valence-corrected chi connectivity index (χ1v) is 9.44. The average molecular weight is 552 g/mol. The number of pyridine rings is 1. The maximum absolute atomic E-state index is 13.0. The van der Waals surface area contributed by atoms with Crippen molar-refractivity contribution in [3.63, 3.8) is 0 Å². The molecule has 0 radical (unpaired) electrons. The molecule has 3 rings (SSSR count). The summed E-state index contributed by atoms with van der Waals surface area (Å²) in [6, 6.07) is 5.55. The normalized spacial score (nSPS) is 14.8. The summed E-state index contributed by atoms with van der Waals surface area (Å²) < 4.78 is 44.2. The number of halogens is 4. The topological polar surface area (TPSA) is 86.0 Å².